The molecule has 2 atom stereocenters. The normalized spacial score (nSPS) is 17.0. The second-order valence-electron chi connectivity index (χ2n) is 8.78. The van der Waals surface area contributed by atoms with Gasteiger partial charge < -0.3 is 9.80 Å². The molecule has 0 saturated carbocycles. The molecule has 6 nitrogen and oxygen atoms in total. The standard InChI is InChI=1S/C29H28N4O2/c1-3-28(34)33(24-10-5-4-6-11-24)27-20-21(2)32(26-13-8-7-12-25(26)27)29(35)22-14-16-23(17-15-22)31-19-9-18-30-31/h4-19,21,27H,3,20H2,1-2H3/t21-,27+/m1/s1. The lowest BCUT2D eigenvalue weighted by Crippen LogP contribution is -2.47. The zero-order chi connectivity index (χ0) is 24.4. The first-order valence-corrected chi connectivity index (χ1v) is 12.0. The van der Waals surface area contributed by atoms with Gasteiger partial charge in [0.2, 0.25) is 5.91 Å². The molecule has 0 fully saturated rings. The highest BCUT2D eigenvalue weighted by atomic mass is 16.2. The summed E-state index contributed by atoms with van der Waals surface area (Å²) in [7, 11) is 0. The Balaban J connectivity index is 1.51. The third-order valence-electron chi connectivity index (χ3n) is 6.58. The Morgan fingerprint density at radius 3 is 2.34 bits per heavy atom. The lowest BCUT2D eigenvalue weighted by Gasteiger charge is -2.43. The molecule has 5 rings (SSSR count). The molecule has 1 aromatic heterocycles. The van der Waals surface area contributed by atoms with Crippen molar-refractivity contribution in [1.82, 2.24) is 9.78 Å². The molecular weight excluding hydrogens is 436 g/mol. The molecule has 0 aliphatic carbocycles. The lowest BCUT2D eigenvalue weighted by atomic mass is 9.89. The van der Waals surface area contributed by atoms with Crippen LogP contribution in [0, 0.1) is 0 Å². The summed E-state index contributed by atoms with van der Waals surface area (Å²) in [5.74, 6) is 0.0145. The number of amides is 2. The topological polar surface area (TPSA) is 58.4 Å². The van der Waals surface area contributed by atoms with Crippen LogP contribution in [0.25, 0.3) is 5.69 Å². The van der Waals surface area contributed by atoms with Crippen LogP contribution in [0.5, 0.6) is 0 Å². The highest BCUT2D eigenvalue weighted by molar-refractivity contribution is 6.07. The molecule has 1 aliphatic rings. The van der Waals surface area contributed by atoms with E-state index in [4.69, 9.17) is 0 Å². The summed E-state index contributed by atoms with van der Waals surface area (Å²) < 4.78 is 1.76. The Kier molecular flexibility index (Phi) is 6.19. The van der Waals surface area contributed by atoms with Crippen molar-refractivity contribution in [3.8, 4) is 5.69 Å². The third kappa shape index (κ3) is 4.23. The Bertz CT molecular complexity index is 1320. The lowest BCUT2D eigenvalue weighted by molar-refractivity contribution is -0.118. The second-order valence-corrected chi connectivity index (χ2v) is 8.78. The van der Waals surface area contributed by atoms with E-state index in [2.05, 4.69) is 12.0 Å². The zero-order valence-electron chi connectivity index (χ0n) is 19.9. The first-order valence-electron chi connectivity index (χ1n) is 12.0. The molecular formula is C29H28N4O2. The molecule has 0 radical (unpaired) electrons. The van der Waals surface area contributed by atoms with Crippen LogP contribution in [-0.2, 0) is 4.79 Å². The Morgan fingerprint density at radius 2 is 1.66 bits per heavy atom. The van der Waals surface area contributed by atoms with Crippen LogP contribution in [0.3, 0.4) is 0 Å². The summed E-state index contributed by atoms with van der Waals surface area (Å²) in [5.41, 5.74) is 4.22. The first kappa shape index (κ1) is 22.6. The van der Waals surface area contributed by atoms with Crippen molar-refractivity contribution < 1.29 is 9.59 Å². The number of carbonyl (C=O) groups is 2. The van der Waals surface area contributed by atoms with Crippen molar-refractivity contribution in [2.24, 2.45) is 0 Å². The third-order valence-corrected chi connectivity index (χ3v) is 6.58. The van der Waals surface area contributed by atoms with Crippen LogP contribution in [0.2, 0.25) is 0 Å². The van der Waals surface area contributed by atoms with Gasteiger partial charge in [-0.3, -0.25) is 9.59 Å². The van der Waals surface area contributed by atoms with Crippen molar-refractivity contribution in [2.75, 3.05) is 9.80 Å². The molecule has 4 aromatic rings. The van der Waals surface area contributed by atoms with Gasteiger partial charge in [0.15, 0.2) is 0 Å². The van der Waals surface area contributed by atoms with E-state index in [1.54, 1.807) is 10.9 Å². The van der Waals surface area contributed by atoms with Crippen molar-refractivity contribution in [3.63, 3.8) is 0 Å². The molecule has 0 N–H and O–H groups in total. The van der Waals surface area contributed by atoms with Crippen LogP contribution < -0.4 is 9.80 Å². The SMILES string of the molecule is CCC(=O)N(c1ccccc1)[C@H]1C[C@@H](C)N(C(=O)c2ccc(-n3cccn3)cc2)c2ccccc21. The minimum atomic E-state index is -0.151. The van der Waals surface area contributed by atoms with Gasteiger partial charge in [0.1, 0.15) is 0 Å². The summed E-state index contributed by atoms with van der Waals surface area (Å²) in [4.78, 5) is 30.6. The van der Waals surface area contributed by atoms with Gasteiger partial charge in [-0.05, 0) is 67.4 Å². The quantitative estimate of drug-likeness (QED) is 0.375. The highest BCUT2D eigenvalue weighted by Crippen LogP contribution is 2.42. The van der Waals surface area contributed by atoms with E-state index in [0.717, 1.165) is 22.6 Å². The molecule has 3 aromatic carbocycles. The van der Waals surface area contributed by atoms with E-state index in [9.17, 15) is 9.59 Å². The molecule has 176 valence electrons. The van der Waals surface area contributed by atoms with Gasteiger partial charge in [0.05, 0.1) is 11.7 Å². The molecule has 35 heavy (non-hydrogen) atoms. The van der Waals surface area contributed by atoms with Crippen LogP contribution in [0.15, 0.2) is 97.3 Å². The molecule has 2 amide bonds. The van der Waals surface area contributed by atoms with Crippen molar-refractivity contribution >= 4 is 23.2 Å². The van der Waals surface area contributed by atoms with Gasteiger partial charge in [-0.15, -0.1) is 0 Å². The first-order chi connectivity index (χ1) is 17.1. The van der Waals surface area contributed by atoms with E-state index in [-0.39, 0.29) is 23.9 Å². The fourth-order valence-electron chi connectivity index (χ4n) is 4.91. The summed E-state index contributed by atoms with van der Waals surface area (Å²) >= 11 is 0. The van der Waals surface area contributed by atoms with Crippen LogP contribution in [0.4, 0.5) is 11.4 Å². The largest absolute Gasteiger partial charge is 0.305 e. The van der Waals surface area contributed by atoms with Gasteiger partial charge in [0.25, 0.3) is 5.91 Å². The smallest absolute Gasteiger partial charge is 0.258 e. The molecule has 0 saturated heterocycles. The van der Waals surface area contributed by atoms with Gasteiger partial charge in [-0.1, -0.05) is 43.3 Å². The number of para-hydroxylation sites is 2. The predicted octanol–water partition coefficient (Wildman–Crippen LogP) is 5.80. The van der Waals surface area contributed by atoms with E-state index < -0.39 is 0 Å². The van der Waals surface area contributed by atoms with Gasteiger partial charge in [-0.2, -0.15) is 5.10 Å². The minimum Gasteiger partial charge on any atom is -0.305 e. The number of hydrogen-bond acceptors (Lipinski definition) is 3. The Labute approximate surface area is 205 Å². The number of fused-ring (bicyclic) bond motifs is 1. The Morgan fingerprint density at radius 1 is 0.943 bits per heavy atom. The number of anilines is 2. The summed E-state index contributed by atoms with van der Waals surface area (Å²) in [5, 5.41) is 4.25. The average molecular weight is 465 g/mol. The number of benzene rings is 3. The molecule has 0 bridgehead atoms. The minimum absolute atomic E-state index is 0.0523. The number of rotatable bonds is 5. The maximum atomic E-state index is 13.7. The molecule has 1 aliphatic heterocycles. The van der Waals surface area contributed by atoms with Crippen molar-refractivity contribution in [1.29, 1.82) is 0 Å². The summed E-state index contributed by atoms with van der Waals surface area (Å²) in [6, 6.07) is 26.9. The number of carbonyl (C=O) groups excluding carboxylic acids is 2. The zero-order valence-corrected chi connectivity index (χ0v) is 19.9. The van der Waals surface area contributed by atoms with Crippen LogP contribution >= 0.6 is 0 Å². The monoisotopic (exact) mass is 464 g/mol. The van der Waals surface area contributed by atoms with Crippen LogP contribution in [-0.4, -0.2) is 27.6 Å². The molecule has 0 unspecified atom stereocenters. The van der Waals surface area contributed by atoms with Crippen molar-refractivity contribution in [2.45, 2.75) is 38.8 Å². The summed E-state index contributed by atoms with van der Waals surface area (Å²) in [6.07, 6.45) is 4.65. The predicted molar refractivity (Wildman–Crippen MR) is 138 cm³/mol. The highest BCUT2D eigenvalue weighted by Gasteiger charge is 2.38. The number of nitrogens with zero attached hydrogens (tertiary/aromatic N) is 4. The van der Waals surface area contributed by atoms with E-state index in [1.807, 2.05) is 108 Å². The Hall–Kier alpha value is -4.19. The van der Waals surface area contributed by atoms with E-state index >= 15 is 0 Å². The van der Waals surface area contributed by atoms with Gasteiger partial charge in [0, 0.05) is 41.8 Å². The molecule has 0 spiro atoms. The maximum absolute atomic E-state index is 13.7. The fourth-order valence-corrected chi connectivity index (χ4v) is 4.91. The number of aromatic nitrogens is 2. The number of hydrogen-bond donors (Lipinski definition) is 0. The molecule has 2 heterocycles. The van der Waals surface area contributed by atoms with Gasteiger partial charge in [-0.25, -0.2) is 4.68 Å². The molecule has 6 heteroatoms. The summed E-state index contributed by atoms with van der Waals surface area (Å²) in [6.45, 7) is 3.94. The second kappa shape index (κ2) is 9.58. The van der Waals surface area contributed by atoms with Crippen LogP contribution in [0.1, 0.15) is 48.7 Å². The fraction of sp³-hybridized carbons (Fsp3) is 0.207. The van der Waals surface area contributed by atoms with Crippen molar-refractivity contribution in [3.05, 3.63) is 108 Å². The van der Waals surface area contributed by atoms with E-state index in [0.29, 0.717) is 18.4 Å². The average Bonchev–Trinajstić information content (AvgIpc) is 3.44. The maximum Gasteiger partial charge on any atom is 0.258 e. The van der Waals surface area contributed by atoms with Gasteiger partial charge >= 0.3 is 0 Å². The van der Waals surface area contributed by atoms with E-state index in [1.165, 1.54) is 0 Å².